The van der Waals surface area contributed by atoms with Crippen LogP contribution in [-0.2, 0) is 23.9 Å². The van der Waals surface area contributed by atoms with Crippen molar-refractivity contribution in [1.82, 2.24) is 14.9 Å². The standard InChI is InChI=1S/C28H31ClF3N5O2/c1-18-15-36(16-19(2)39-18)13-14-38-27-34-24-17-37(25-6-4-3-5-23(25)29)12-11-22(24)26(35-27)33-21-9-7-20(8-10-21)28(30,31)32/h3-10,18-19H,11-17H2,1-2H3,(H,33,34,35). The summed E-state index contributed by atoms with van der Waals surface area (Å²) >= 11 is 6.46. The van der Waals surface area contributed by atoms with Crippen molar-refractivity contribution in [2.45, 2.75) is 45.2 Å². The lowest BCUT2D eigenvalue weighted by Gasteiger charge is -2.35. The average molecular weight is 562 g/mol. The molecule has 0 spiro atoms. The minimum absolute atomic E-state index is 0.157. The van der Waals surface area contributed by atoms with Gasteiger partial charge < -0.3 is 19.7 Å². The first kappa shape index (κ1) is 27.5. The van der Waals surface area contributed by atoms with Gasteiger partial charge in [0.15, 0.2) is 0 Å². The second kappa shape index (κ2) is 11.6. The molecule has 5 rings (SSSR count). The van der Waals surface area contributed by atoms with E-state index >= 15 is 0 Å². The maximum absolute atomic E-state index is 13.0. The maximum Gasteiger partial charge on any atom is 0.416 e. The summed E-state index contributed by atoms with van der Waals surface area (Å²) in [4.78, 5) is 13.8. The Morgan fingerprint density at radius 1 is 1.05 bits per heavy atom. The number of para-hydroxylation sites is 1. The molecule has 39 heavy (non-hydrogen) atoms. The topological polar surface area (TPSA) is 62.8 Å². The van der Waals surface area contributed by atoms with E-state index in [0.717, 1.165) is 42.2 Å². The highest BCUT2D eigenvalue weighted by Gasteiger charge is 2.30. The number of alkyl halides is 3. The summed E-state index contributed by atoms with van der Waals surface area (Å²) in [6.45, 7) is 8.05. The van der Waals surface area contributed by atoms with Crippen LogP contribution in [0.1, 0.15) is 30.7 Å². The van der Waals surface area contributed by atoms with Gasteiger partial charge in [0, 0.05) is 37.4 Å². The molecule has 1 saturated heterocycles. The van der Waals surface area contributed by atoms with Crippen LogP contribution in [0.25, 0.3) is 0 Å². The lowest BCUT2D eigenvalue weighted by atomic mass is 10.0. The summed E-state index contributed by atoms with van der Waals surface area (Å²) in [5, 5.41) is 3.85. The summed E-state index contributed by atoms with van der Waals surface area (Å²) in [7, 11) is 0. The van der Waals surface area contributed by atoms with Gasteiger partial charge >= 0.3 is 12.2 Å². The molecule has 7 nitrogen and oxygen atoms in total. The molecule has 1 N–H and O–H groups in total. The molecule has 1 aromatic heterocycles. The van der Waals surface area contributed by atoms with Crippen LogP contribution < -0.4 is 15.0 Å². The minimum atomic E-state index is -4.40. The first-order valence-electron chi connectivity index (χ1n) is 13.0. The molecule has 2 aromatic carbocycles. The van der Waals surface area contributed by atoms with Crippen molar-refractivity contribution >= 4 is 28.8 Å². The molecule has 2 aliphatic heterocycles. The number of fused-ring (bicyclic) bond motifs is 1. The van der Waals surface area contributed by atoms with Gasteiger partial charge in [0.2, 0.25) is 0 Å². The Morgan fingerprint density at radius 3 is 2.46 bits per heavy atom. The molecule has 0 amide bonds. The van der Waals surface area contributed by atoms with E-state index in [-0.39, 0.29) is 18.2 Å². The summed E-state index contributed by atoms with van der Waals surface area (Å²) in [6, 6.07) is 12.8. The highest BCUT2D eigenvalue weighted by Crippen LogP contribution is 2.34. The molecule has 2 unspecified atom stereocenters. The van der Waals surface area contributed by atoms with Crippen LogP contribution in [0.4, 0.5) is 30.4 Å². The molecule has 0 saturated carbocycles. The lowest BCUT2D eigenvalue weighted by molar-refractivity contribution is -0.137. The second-order valence-electron chi connectivity index (χ2n) is 9.97. The lowest BCUT2D eigenvalue weighted by Crippen LogP contribution is -2.46. The zero-order valence-corrected chi connectivity index (χ0v) is 22.6. The number of morpholine rings is 1. The summed E-state index contributed by atoms with van der Waals surface area (Å²) in [5.74, 6) is 0.530. The summed E-state index contributed by atoms with van der Waals surface area (Å²) < 4.78 is 50.9. The van der Waals surface area contributed by atoms with Gasteiger partial charge in [-0.15, -0.1) is 0 Å². The predicted octanol–water partition coefficient (Wildman–Crippen LogP) is 5.94. The van der Waals surface area contributed by atoms with E-state index in [9.17, 15) is 13.2 Å². The molecule has 3 aromatic rings. The molecule has 0 radical (unpaired) electrons. The Kier molecular flexibility index (Phi) is 8.16. The van der Waals surface area contributed by atoms with Crippen molar-refractivity contribution < 1.29 is 22.6 Å². The second-order valence-corrected chi connectivity index (χ2v) is 10.4. The fourth-order valence-corrected chi connectivity index (χ4v) is 5.36. The SMILES string of the molecule is CC1CN(CCOc2nc3c(c(Nc4ccc(C(F)(F)F)cc4)n2)CCN(c2ccccc2Cl)C3)CC(C)O1. The zero-order valence-electron chi connectivity index (χ0n) is 21.8. The fraction of sp³-hybridized carbons (Fsp3) is 0.429. The molecule has 1 fully saturated rings. The van der Waals surface area contributed by atoms with Gasteiger partial charge in [0.25, 0.3) is 0 Å². The van der Waals surface area contributed by atoms with E-state index in [1.807, 2.05) is 24.3 Å². The Labute approximate surface area is 230 Å². The summed E-state index contributed by atoms with van der Waals surface area (Å²) in [5.41, 5.74) is 2.40. The zero-order chi connectivity index (χ0) is 27.6. The normalized spacial score (nSPS) is 20.0. The molecular weight excluding hydrogens is 531 g/mol. The van der Waals surface area contributed by atoms with Crippen LogP contribution in [0.5, 0.6) is 6.01 Å². The number of halogens is 4. The number of nitrogens with zero attached hydrogens (tertiary/aromatic N) is 4. The monoisotopic (exact) mass is 561 g/mol. The van der Waals surface area contributed by atoms with Crippen LogP contribution in [0.2, 0.25) is 5.02 Å². The van der Waals surface area contributed by atoms with Gasteiger partial charge in [0.1, 0.15) is 12.4 Å². The van der Waals surface area contributed by atoms with Crippen molar-refractivity contribution in [1.29, 1.82) is 0 Å². The van der Waals surface area contributed by atoms with Crippen LogP contribution in [-0.4, -0.2) is 59.9 Å². The Balaban J connectivity index is 1.37. The Hall–Kier alpha value is -3.08. The third-order valence-corrected chi connectivity index (χ3v) is 7.17. The van der Waals surface area contributed by atoms with Crippen LogP contribution in [0, 0.1) is 0 Å². The quantitative estimate of drug-likeness (QED) is 0.383. The number of anilines is 3. The molecule has 2 atom stereocenters. The van der Waals surface area contributed by atoms with E-state index in [2.05, 4.69) is 33.9 Å². The van der Waals surface area contributed by atoms with Crippen LogP contribution >= 0.6 is 11.6 Å². The maximum atomic E-state index is 13.0. The number of nitrogens with one attached hydrogen (secondary N) is 1. The van der Waals surface area contributed by atoms with E-state index in [1.165, 1.54) is 12.1 Å². The van der Waals surface area contributed by atoms with Crippen molar-refractivity contribution in [3.05, 3.63) is 70.4 Å². The van der Waals surface area contributed by atoms with E-state index in [0.29, 0.717) is 49.2 Å². The largest absolute Gasteiger partial charge is 0.462 e. The van der Waals surface area contributed by atoms with Gasteiger partial charge in [-0.1, -0.05) is 23.7 Å². The molecule has 208 valence electrons. The number of hydrogen-bond donors (Lipinski definition) is 1. The first-order chi connectivity index (χ1) is 18.7. The van der Waals surface area contributed by atoms with Gasteiger partial charge in [-0.3, -0.25) is 4.90 Å². The Morgan fingerprint density at radius 2 is 1.77 bits per heavy atom. The molecule has 2 aliphatic rings. The van der Waals surface area contributed by atoms with Crippen molar-refractivity contribution in [3.8, 4) is 6.01 Å². The van der Waals surface area contributed by atoms with E-state index in [4.69, 9.17) is 26.1 Å². The number of hydrogen-bond acceptors (Lipinski definition) is 7. The molecule has 11 heteroatoms. The van der Waals surface area contributed by atoms with Gasteiger partial charge in [-0.25, -0.2) is 0 Å². The molecule has 0 aliphatic carbocycles. The van der Waals surface area contributed by atoms with Crippen molar-refractivity contribution in [2.75, 3.05) is 43.0 Å². The van der Waals surface area contributed by atoms with Gasteiger partial charge in [0.05, 0.1) is 40.7 Å². The van der Waals surface area contributed by atoms with Crippen LogP contribution in [0.3, 0.4) is 0 Å². The smallest absolute Gasteiger partial charge is 0.416 e. The highest BCUT2D eigenvalue weighted by atomic mass is 35.5. The average Bonchev–Trinajstić information content (AvgIpc) is 2.88. The number of ether oxygens (including phenoxy) is 2. The van der Waals surface area contributed by atoms with Crippen molar-refractivity contribution in [2.24, 2.45) is 0 Å². The fourth-order valence-electron chi connectivity index (χ4n) is 5.10. The van der Waals surface area contributed by atoms with Gasteiger partial charge in [-0.05, 0) is 56.7 Å². The first-order valence-corrected chi connectivity index (χ1v) is 13.4. The number of benzene rings is 2. The predicted molar refractivity (Wildman–Crippen MR) is 145 cm³/mol. The molecule has 3 heterocycles. The minimum Gasteiger partial charge on any atom is -0.462 e. The third-order valence-electron chi connectivity index (χ3n) is 6.85. The van der Waals surface area contributed by atoms with E-state index in [1.54, 1.807) is 0 Å². The molecular formula is C28H31ClF3N5O2. The van der Waals surface area contributed by atoms with Gasteiger partial charge in [-0.2, -0.15) is 23.1 Å². The third kappa shape index (κ3) is 6.74. The highest BCUT2D eigenvalue weighted by molar-refractivity contribution is 6.33. The number of rotatable bonds is 7. The Bertz CT molecular complexity index is 1280. The van der Waals surface area contributed by atoms with Crippen LogP contribution in [0.15, 0.2) is 48.5 Å². The van der Waals surface area contributed by atoms with Crippen molar-refractivity contribution in [3.63, 3.8) is 0 Å². The molecule has 0 bridgehead atoms. The number of aromatic nitrogens is 2. The van der Waals surface area contributed by atoms with E-state index < -0.39 is 11.7 Å². The summed E-state index contributed by atoms with van der Waals surface area (Å²) in [6.07, 6.45) is -3.45.